The molecule has 1 aromatic heterocycles. The molecule has 0 unspecified atom stereocenters. The topological polar surface area (TPSA) is 67.4 Å². The van der Waals surface area contributed by atoms with Crippen molar-refractivity contribution in [3.05, 3.63) is 17.5 Å². The van der Waals surface area contributed by atoms with Gasteiger partial charge in [-0.15, -0.1) is 0 Å². The molecule has 1 aliphatic heterocycles. The van der Waals surface area contributed by atoms with Gasteiger partial charge >= 0.3 is 0 Å². The zero-order valence-electron chi connectivity index (χ0n) is 14.9. The van der Waals surface area contributed by atoms with E-state index >= 15 is 0 Å². The SMILES string of the molecule is O=C(N[C@H]1CCCc2nc(N3CCOCC3)ncc21)C1CCCCC1. The minimum atomic E-state index is 0.0805. The van der Waals surface area contributed by atoms with Crippen molar-refractivity contribution in [1.82, 2.24) is 15.3 Å². The average Bonchev–Trinajstić information content (AvgIpc) is 2.69. The number of nitrogens with zero attached hydrogens (tertiary/aromatic N) is 3. The molecule has 6 heteroatoms. The lowest BCUT2D eigenvalue weighted by Gasteiger charge is -2.30. The number of aromatic nitrogens is 2. The van der Waals surface area contributed by atoms with E-state index in [9.17, 15) is 4.79 Å². The zero-order chi connectivity index (χ0) is 17.1. The maximum absolute atomic E-state index is 12.6. The van der Waals surface area contributed by atoms with Gasteiger partial charge in [-0.05, 0) is 32.1 Å². The highest BCUT2D eigenvalue weighted by Gasteiger charge is 2.28. The lowest BCUT2D eigenvalue weighted by atomic mass is 9.87. The fraction of sp³-hybridized carbons (Fsp3) is 0.737. The van der Waals surface area contributed by atoms with Crippen molar-refractivity contribution in [2.24, 2.45) is 5.92 Å². The number of fused-ring (bicyclic) bond motifs is 1. The number of ether oxygens (including phenoxy) is 1. The van der Waals surface area contributed by atoms with Crippen LogP contribution >= 0.6 is 0 Å². The monoisotopic (exact) mass is 344 g/mol. The number of carbonyl (C=O) groups is 1. The van der Waals surface area contributed by atoms with Gasteiger partial charge < -0.3 is 15.0 Å². The molecule has 1 atom stereocenters. The molecule has 1 aromatic rings. The van der Waals surface area contributed by atoms with Gasteiger partial charge in [0, 0.05) is 30.8 Å². The van der Waals surface area contributed by atoms with Crippen LogP contribution in [0.3, 0.4) is 0 Å². The van der Waals surface area contributed by atoms with Crippen LogP contribution in [-0.2, 0) is 16.0 Å². The smallest absolute Gasteiger partial charge is 0.225 e. The molecule has 136 valence electrons. The Hall–Kier alpha value is -1.69. The molecule has 3 aliphatic rings. The summed E-state index contributed by atoms with van der Waals surface area (Å²) in [6.07, 6.45) is 10.7. The minimum absolute atomic E-state index is 0.0805. The van der Waals surface area contributed by atoms with Gasteiger partial charge in [0.2, 0.25) is 11.9 Å². The summed E-state index contributed by atoms with van der Waals surface area (Å²) in [5.74, 6) is 1.24. The Morgan fingerprint density at radius 3 is 2.72 bits per heavy atom. The van der Waals surface area contributed by atoms with E-state index in [4.69, 9.17) is 9.72 Å². The van der Waals surface area contributed by atoms with Gasteiger partial charge in [-0.3, -0.25) is 4.79 Å². The number of morpholine rings is 1. The van der Waals surface area contributed by atoms with Crippen molar-refractivity contribution in [2.45, 2.75) is 57.4 Å². The van der Waals surface area contributed by atoms with Crippen LogP contribution < -0.4 is 10.2 Å². The predicted molar refractivity (Wildman–Crippen MR) is 95.5 cm³/mol. The van der Waals surface area contributed by atoms with E-state index in [-0.39, 0.29) is 17.9 Å². The second-order valence-electron chi connectivity index (χ2n) is 7.46. The lowest BCUT2D eigenvalue weighted by Crippen LogP contribution is -2.38. The molecule has 0 aromatic carbocycles. The molecular formula is C19H28N4O2. The van der Waals surface area contributed by atoms with Crippen LogP contribution in [0.5, 0.6) is 0 Å². The van der Waals surface area contributed by atoms with Crippen molar-refractivity contribution in [3.8, 4) is 0 Å². The molecule has 0 bridgehead atoms. The Kier molecular flexibility index (Phi) is 5.15. The summed E-state index contributed by atoms with van der Waals surface area (Å²) in [6.45, 7) is 3.17. The van der Waals surface area contributed by atoms with E-state index in [0.29, 0.717) is 0 Å². The summed E-state index contributed by atoms with van der Waals surface area (Å²) in [6, 6.07) is 0.0805. The van der Waals surface area contributed by atoms with Crippen molar-refractivity contribution in [1.29, 1.82) is 0 Å². The Bertz CT molecular complexity index is 609. The molecule has 2 aliphatic carbocycles. The standard InChI is InChI=1S/C19H28N4O2/c24-18(14-5-2-1-3-6-14)21-16-7-4-8-17-15(16)13-20-19(22-17)23-9-11-25-12-10-23/h13-14,16H,1-12H2,(H,21,24)/t16-/m0/s1. The van der Waals surface area contributed by atoms with E-state index < -0.39 is 0 Å². The summed E-state index contributed by atoms with van der Waals surface area (Å²) in [5, 5.41) is 3.29. The molecule has 1 N–H and O–H groups in total. The van der Waals surface area contributed by atoms with Crippen LogP contribution in [-0.4, -0.2) is 42.2 Å². The number of hydrogen-bond acceptors (Lipinski definition) is 5. The second kappa shape index (κ2) is 7.68. The van der Waals surface area contributed by atoms with Gasteiger partial charge in [-0.1, -0.05) is 19.3 Å². The molecule has 2 fully saturated rings. The van der Waals surface area contributed by atoms with E-state index in [2.05, 4.69) is 15.2 Å². The summed E-state index contributed by atoms with van der Waals surface area (Å²) in [7, 11) is 0. The number of nitrogens with one attached hydrogen (secondary N) is 1. The third-order valence-corrected chi connectivity index (χ3v) is 5.76. The summed E-state index contributed by atoms with van der Waals surface area (Å²) < 4.78 is 5.41. The molecule has 6 nitrogen and oxygen atoms in total. The number of aryl methyl sites for hydroxylation is 1. The Labute approximate surface area is 149 Å². The van der Waals surface area contributed by atoms with Crippen molar-refractivity contribution < 1.29 is 9.53 Å². The van der Waals surface area contributed by atoms with Crippen LogP contribution in [0.15, 0.2) is 6.20 Å². The first-order valence-electron chi connectivity index (χ1n) is 9.80. The van der Waals surface area contributed by atoms with Gasteiger partial charge in [0.1, 0.15) is 0 Å². The van der Waals surface area contributed by atoms with Gasteiger partial charge in [0.05, 0.1) is 24.9 Å². The average molecular weight is 344 g/mol. The number of carbonyl (C=O) groups excluding carboxylic acids is 1. The molecule has 25 heavy (non-hydrogen) atoms. The number of hydrogen-bond donors (Lipinski definition) is 1. The van der Waals surface area contributed by atoms with E-state index in [0.717, 1.165) is 75.6 Å². The van der Waals surface area contributed by atoms with Gasteiger partial charge in [0.25, 0.3) is 0 Å². The summed E-state index contributed by atoms with van der Waals surface area (Å²) in [5.41, 5.74) is 2.23. The summed E-state index contributed by atoms with van der Waals surface area (Å²) >= 11 is 0. The highest BCUT2D eigenvalue weighted by Crippen LogP contribution is 2.31. The highest BCUT2D eigenvalue weighted by molar-refractivity contribution is 5.79. The normalized spacial score (nSPS) is 24.6. The number of rotatable bonds is 3. The largest absolute Gasteiger partial charge is 0.378 e. The first kappa shape index (κ1) is 16.8. The maximum Gasteiger partial charge on any atom is 0.225 e. The van der Waals surface area contributed by atoms with Crippen LogP contribution in [0.2, 0.25) is 0 Å². The van der Waals surface area contributed by atoms with Crippen molar-refractivity contribution >= 4 is 11.9 Å². The lowest BCUT2D eigenvalue weighted by molar-refractivity contribution is -0.126. The van der Waals surface area contributed by atoms with Crippen LogP contribution in [0.1, 0.15) is 62.2 Å². The predicted octanol–water partition coefficient (Wildman–Crippen LogP) is 2.39. The van der Waals surface area contributed by atoms with Gasteiger partial charge in [0.15, 0.2) is 0 Å². The fourth-order valence-corrected chi connectivity index (χ4v) is 4.26. The summed E-state index contributed by atoms with van der Waals surface area (Å²) in [4.78, 5) is 24.2. The minimum Gasteiger partial charge on any atom is -0.378 e. The molecule has 0 radical (unpaired) electrons. The van der Waals surface area contributed by atoms with Crippen LogP contribution in [0, 0.1) is 5.92 Å². The second-order valence-corrected chi connectivity index (χ2v) is 7.46. The maximum atomic E-state index is 12.6. The quantitative estimate of drug-likeness (QED) is 0.912. The molecule has 4 rings (SSSR count). The van der Waals surface area contributed by atoms with E-state index in [1.54, 1.807) is 0 Å². The van der Waals surface area contributed by atoms with E-state index in [1.165, 1.54) is 19.3 Å². The zero-order valence-corrected chi connectivity index (χ0v) is 14.9. The Morgan fingerprint density at radius 1 is 1.12 bits per heavy atom. The first-order valence-corrected chi connectivity index (χ1v) is 9.80. The third kappa shape index (κ3) is 3.78. The number of anilines is 1. The van der Waals surface area contributed by atoms with Crippen LogP contribution in [0.25, 0.3) is 0 Å². The Balaban J connectivity index is 1.46. The highest BCUT2D eigenvalue weighted by atomic mass is 16.5. The molecule has 1 amide bonds. The molecular weight excluding hydrogens is 316 g/mol. The first-order chi connectivity index (χ1) is 12.3. The fourth-order valence-electron chi connectivity index (χ4n) is 4.26. The van der Waals surface area contributed by atoms with Crippen LogP contribution in [0.4, 0.5) is 5.95 Å². The molecule has 2 heterocycles. The Morgan fingerprint density at radius 2 is 1.92 bits per heavy atom. The van der Waals surface area contributed by atoms with Gasteiger partial charge in [-0.2, -0.15) is 0 Å². The van der Waals surface area contributed by atoms with Gasteiger partial charge in [-0.25, -0.2) is 9.97 Å². The van der Waals surface area contributed by atoms with Crippen molar-refractivity contribution in [3.63, 3.8) is 0 Å². The van der Waals surface area contributed by atoms with Crippen molar-refractivity contribution in [2.75, 3.05) is 31.2 Å². The van der Waals surface area contributed by atoms with E-state index in [1.807, 2.05) is 6.20 Å². The third-order valence-electron chi connectivity index (χ3n) is 5.76. The molecule has 1 saturated heterocycles. The number of amides is 1. The molecule has 1 saturated carbocycles. The molecule has 0 spiro atoms.